The Morgan fingerprint density at radius 2 is 2.23 bits per heavy atom. The zero-order chi connectivity index (χ0) is 24.7. The average Bonchev–Trinajstić information content (AvgIpc) is 3.54. The average molecular weight is 519 g/mol. The van der Waals surface area contributed by atoms with Gasteiger partial charge in [-0.1, -0.05) is 29.3 Å². The zero-order valence-electron chi connectivity index (χ0n) is 19.1. The van der Waals surface area contributed by atoms with E-state index in [1.54, 1.807) is 19.4 Å². The van der Waals surface area contributed by atoms with Crippen LogP contribution < -0.4 is 15.8 Å². The van der Waals surface area contributed by atoms with Crippen LogP contribution in [0.3, 0.4) is 0 Å². The van der Waals surface area contributed by atoms with Gasteiger partial charge in [0.2, 0.25) is 11.7 Å². The van der Waals surface area contributed by atoms with Gasteiger partial charge in [0.15, 0.2) is 11.4 Å². The molecule has 1 unspecified atom stereocenters. The van der Waals surface area contributed by atoms with Gasteiger partial charge >= 0.3 is 0 Å². The normalized spacial score (nSPS) is 19.1. The Bertz CT molecular complexity index is 1320. The number of carbonyl (C=O) groups excluding carboxylic acids is 1. The quantitative estimate of drug-likeness (QED) is 0.441. The maximum atomic E-state index is 14.0. The number of pyridine rings is 1. The Balaban J connectivity index is 1.41. The molecule has 2 aliphatic heterocycles. The molecule has 0 spiro atoms. The Morgan fingerprint density at radius 1 is 1.40 bits per heavy atom. The molecular formula is C25H25Cl2FN4O3. The standard InChI is InChI=1S/C25H25Cl2FN4O3/c1-13(20-17(26)4-5-18(28)21(20)27)35-23-22-15(11-31-24(23)29)16(12-34-22)14-6-9-32(10-7-14)25(33)19-3-2-8-30-19/h4-6,11-13,19,30H,2-3,7-10H2,1H3,(H2,29,31)/t13?,19-/m1/s1. The van der Waals surface area contributed by atoms with Gasteiger partial charge in [-0.05, 0) is 50.4 Å². The third-order valence-corrected chi connectivity index (χ3v) is 7.32. The van der Waals surface area contributed by atoms with Crippen LogP contribution in [0.25, 0.3) is 16.5 Å². The molecule has 2 atom stereocenters. The molecule has 0 bridgehead atoms. The first-order valence-electron chi connectivity index (χ1n) is 11.5. The summed E-state index contributed by atoms with van der Waals surface area (Å²) in [6, 6.07) is 2.55. The summed E-state index contributed by atoms with van der Waals surface area (Å²) in [5.74, 6) is -0.0688. The van der Waals surface area contributed by atoms with Gasteiger partial charge in [0.1, 0.15) is 11.9 Å². The molecule has 184 valence electrons. The number of fused-ring (bicyclic) bond motifs is 1. The number of benzene rings is 1. The molecule has 35 heavy (non-hydrogen) atoms. The molecule has 0 radical (unpaired) electrons. The van der Waals surface area contributed by atoms with Crippen molar-refractivity contribution in [2.75, 3.05) is 25.4 Å². The van der Waals surface area contributed by atoms with Crippen molar-refractivity contribution < 1.29 is 18.3 Å². The van der Waals surface area contributed by atoms with Crippen molar-refractivity contribution in [1.82, 2.24) is 15.2 Å². The van der Waals surface area contributed by atoms with Crippen LogP contribution in [0.4, 0.5) is 10.2 Å². The van der Waals surface area contributed by atoms with E-state index in [1.165, 1.54) is 12.1 Å². The molecule has 2 aromatic heterocycles. The van der Waals surface area contributed by atoms with E-state index in [9.17, 15) is 9.18 Å². The van der Waals surface area contributed by atoms with Crippen molar-refractivity contribution >= 4 is 51.5 Å². The number of hydrogen-bond donors (Lipinski definition) is 2. The Morgan fingerprint density at radius 3 is 2.94 bits per heavy atom. The van der Waals surface area contributed by atoms with E-state index in [0.29, 0.717) is 30.7 Å². The lowest BCUT2D eigenvalue weighted by Crippen LogP contribution is -2.45. The molecule has 3 aromatic rings. The number of halogens is 3. The number of anilines is 1. The topological polar surface area (TPSA) is 93.6 Å². The predicted octanol–water partition coefficient (Wildman–Crippen LogP) is 5.36. The zero-order valence-corrected chi connectivity index (χ0v) is 20.6. The molecule has 3 N–H and O–H groups in total. The molecule has 10 heteroatoms. The predicted molar refractivity (Wildman–Crippen MR) is 134 cm³/mol. The Kier molecular flexibility index (Phi) is 6.61. The van der Waals surface area contributed by atoms with Crippen LogP contribution in [0, 0.1) is 5.82 Å². The molecule has 7 nitrogen and oxygen atoms in total. The Hall–Kier alpha value is -2.81. The van der Waals surface area contributed by atoms with Crippen LogP contribution in [0.2, 0.25) is 10.0 Å². The fourth-order valence-corrected chi connectivity index (χ4v) is 5.40. The van der Waals surface area contributed by atoms with Gasteiger partial charge in [-0.15, -0.1) is 0 Å². The van der Waals surface area contributed by atoms with Crippen molar-refractivity contribution in [2.24, 2.45) is 0 Å². The highest BCUT2D eigenvalue weighted by Gasteiger charge is 2.29. The maximum Gasteiger partial charge on any atom is 0.239 e. The largest absolute Gasteiger partial charge is 0.478 e. The third kappa shape index (κ3) is 4.46. The summed E-state index contributed by atoms with van der Waals surface area (Å²) in [5, 5.41) is 4.18. The second-order valence-corrected chi connectivity index (χ2v) is 9.58. The van der Waals surface area contributed by atoms with Gasteiger partial charge in [0, 0.05) is 35.4 Å². The van der Waals surface area contributed by atoms with Crippen molar-refractivity contribution in [2.45, 2.75) is 38.3 Å². The van der Waals surface area contributed by atoms with Crippen LogP contribution >= 0.6 is 23.2 Å². The fourth-order valence-electron chi connectivity index (χ4n) is 4.72. The summed E-state index contributed by atoms with van der Waals surface area (Å²) >= 11 is 12.4. The number of nitrogens with one attached hydrogen (secondary N) is 1. The van der Waals surface area contributed by atoms with Gasteiger partial charge in [-0.3, -0.25) is 4.79 Å². The van der Waals surface area contributed by atoms with Crippen LogP contribution in [0.15, 0.2) is 35.1 Å². The molecule has 0 aliphatic carbocycles. The summed E-state index contributed by atoms with van der Waals surface area (Å²) in [6.07, 6.45) is 7.23. The number of carbonyl (C=O) groups is 1. The molecule has 5 rings (SSSR count). The molecule has 1 saturated heterocycles. The van der Waals surface area contributed by atoms with Crippen LogP contribution in [0.5, 0.6) is 5.75 Å². The lowest BCUT2D eigenvalue weighted by atomic mass is 9.99. The van der Waals surface area contributed by atoms with Crippen LogP contribution in [-0.2, 0) is 4.79 Å². The lowest BCUT2D eigenvalue weighted by molar-refractivity contribution is -0.132. The first kappa shape index (κ1) is 23.9. The minimum Gasteiger partial charge on any atom is -0.478 e. The minimum absolute atomic E-state index is 0.0753. The molecule has 2 aliphatic rings. The highest BCUT2D eigenvalue weighted by Crippen LogP contribution is 2.41. The first-order chi connectivity index (χ1) is 16.8. The number of furan rings is 1. The van der Waals surface area contributed by atoms with E-state index in [0.717, 1.165) is 35.9 Å². The number of rotatable bonds is 5. The number of hydrogen-bond acceptors (Lipinski definition) is 6. The number of ether oxygens (including phenoxy) is 1. The van der Waals surface area contributed by atoms with E-state index in [-0.39, 0.29) is 33.6 Å². The number of nitrogen functional groups attached to an aromatic ring is 1. The van der Waals surface area contributed by atoms with Crippen molar-refractivity contribution in [1.29, 1.82) is 0 Å². The van der Waals surface area contributed by atoms with Crippen LogP contribution in [-0.4, -0.2) is 41.5 Å². The highest BCUT2D eigenvalue weighted by molar-refractivity contribution is 6.36. The number of nitrogens with two attached hydrogens (primary N) is 1. The number of nitrogens with zero attached hydrogens (tertiary/aromatic N) is 2. The maximum absolute atomic E-state index is 14.0. The van der Waals surface area contributed by atoms with Crippen LogP contribution in [0.1, 0.15) is 43.4 Å². The first-order valence-corrected chi connectivity index (χ1v) is 12.3. The van der Waals surface area contributed by atoms with Gasteiger partial charge in [0.05, 0.1) is 22.7 Å². The van der Waals surface area contributed by atoms with E-state index in [1.807, 2.05) is 11.0 Å². The summed E-state index contributed by atoms with van der Waals surface area (Å²) in [4.78, 5) is 18.9. The van der Waals surface area contributed by atoms with Gasteiger partial charge in [-0.25, -0.2) is 9.37 Å². The van der Waals surface area contributed by atoms with Crippen molar-refractivity contribution in [3.63, 3.8) is 0 Å². The third-order valence-electron chi connectivity index (χ3n) is 6.61. The summed E-state index contributed by atoms with van der Waals surface area (Å²) in [5.41, 5.74) is 8.80. The van der Waals surface area contributed by atoms with E-state index in [4.69, 9.17) is 38.1 Å². The smallest absolute Gasteiger partial charge is 0.239 e. The summed E-state index contributed by atoms with van der Waals surface area (Å²) in [6.45, 7) is 3.76. The second kappa shape index (κ2) is 9.68. The number of aromatic nitrogens is 1. The number of amides is 1. The van der Waals surface area contributed by atoms with E-state index >= 15 is 0 Å². The molecule has 1 fully saturated rings. The minimum atomic E-state index is -0.716. The molecule has 1 aromatic carbocycles. The monoisotopic (exact) mass is 518 g/mol. The highest BCUT2D eigenvalue weighted by atomic mass is 35.5. The van der Waals surface area contributed by atoms with E-state index < -0.39 is 11.9 Å². The molecule has 0 saturated carbocycles. The van der Waals surface area contributed by atoms with Crippen molar-refractivity contribution in [3.05, 3.63) is 57.7 Å². The summed E-state index contributed by atoms with van der Waals surface area (Å²) in [7, 11) is 0. The fraction of sp³-hybridized carbons (Fsp3) is 0.360. The SMILES string of the molecule is CC(Oc1c(N)ncc2c(C3=CCN(C(=O)[C@H]4CCCN4)CC3)coc12)c1c(Cl)ccc(F)c1Cl. The van der Waals surface area contributed by atoms with E-state index in [2.05, 4.69) is 10.3 Å². The van der Waals surface area contributed by atoms with Crippen molar-refractivity contribution in [3.8, 4) is 5.75 Å². The van der Waals surface area contributed by atoms with Gasteiger partial charge in [0.25, 0.3) is 0 Å². The molecule has 4 heterocycles. The Labute approximate surface area is 212 Å². The van der Waals surface area contributed by atoms with Gasteiger partial charge < -0.3 is 25.1 Å². The van der Waals surface area contributed by atoms with Gasteiger partial charge in [-0.2, -0.15) is 0 Å². The second-order valence-electron chi connectivity index (χ2n) is 8.79. The molecular weight excluding hydrogens is 494 g/mol. The summed E-state index contributed by atoms with van der Waals surface area (Å²) < 4.78 is 26.0. The lowest BCUT2D eigenvalue weighted by Gasteiger charge is -2.28. The molecule has 1 amide bonds.